The number of carbonyl (C=O) groups excluding carboxylic acids is 3. The van der Waals surface area contributed by atoms with E-state index in [1.807, 2.05) is 0 Å². The van der Waals surface area contributed by atoms with Gasteiger partial charge in [0.1, 0.15) is 5.56 Å². The van der Waals surface area contributed by atoms with Crippen LogP contribution in [-0.4, -0.2) is 48.6 Å². The van der Waals surface area contributed by atoms with Crippen molar-refractivity contribution in [1.82, 2.24) is 4.90 Å². The van der Waals surface area contributed by atoms with Gasteiger partial charge in [-0.1, -0.05) is 12.1 Å². The highest BCUT2D eigenvalue weighted by Gasteiger charge is 2.36. The van der Waals surface area contributed by atoms with Gasteiger partial charge in [0.05, 0.1) is 36.3 Å². The number of carbonyl (C=O) groups is 3. The van der Waals surface area contributed by atoms with E-state index in [-0.39, 0.29) is 28.2 Å². The molecule has 2 aromatic rings. The van der Waals surface area contributed by atoms with Crippen molar-refractivity contribution in [3.05, 3.63) is 63.2 Å². The van der Waals surface area contributed by atoms with Gasteiger partial charge in [0.2, 0.25) is 0 Å². The van der Waals surface area contributed by atoms with Gasteiger partial charge in [-0.15, -0.1) is 0 Å². The number of rotatable bonds is 6. The fraction of sp³-hybridized carbons (Fsp3) is 0.167. The van der Waals surface area contributed by atoms with Gasteiger partial charge in [0.25, 0.3) is 17.5 Å². The van der Waals surface area contributed by atoms with Crippen LogP contribution in [0.4, 0.5) is 5.69 Å². The molecule has 0 atom stereocenters. The molecular formula is C18H14N2O8. The molecule has 10 nitrogen and oxygen atoms in total. The van der Waals surface area contributed by atoms with E-state index in [9.17, 15) is 24.5 Å². The average Bonchev–Trinajstić information content (AvgIpc) is 2.95. The molecule has 0 unspecified atom stereocenters. The van der Waals surface area contributed by atoms with Crippen LogP contribution in [0.15, 0.2) is 36.4 Å². The van der Waals surface area contributed by atoms with Gasteiger partial charge < -0.3 is 14.2 Å². The van der Waals surface area contributed by atoms with Crippen LogP contribution < -0.4 is 9.47 Å². The fourth-order valence-corrected chi connectivity index (χ4v) is 2.74. The highest BCUT2D eigenvalue weighted by molar-refractivity contribution is 6.21. The molecule has 144 valence electrons. The van der Waals surface area contributed by atoms with Crippen LogP contribution in [0, 0.1) is 10.1 Å². The second-order valence-corrected chi connectivity index (χ2v) is 5.63. The van der Waals surface area contributed by atoms with Crippen LogP contribution in [-0.2, 0) is 4.74 Å². The van der Waals surface area contributed by atoms with E-state index in [4.69, 9.17) is 9.47 Å². The smallest absolute Gasteiger partial charge is 0.345 e. The van der Waals surface area contributed by atoms with Crippen molar-refractivity contribution < 1.29 is 33.5 Å². The predicted molar refractivity (Wildman–Crippen MR) is 93.4 cm³/mol. The minimum absolute atomic E-state index is 0.0454. The van der Waals surface area contributed by atoms with Gasteiger partial charge in [-0.3, -0.25) is 19.7 Å². The molecule has 1 heterocycles. The summed E-state index contributed by atoms with van der Waals surface area (Å²) in [4.78, 5) is 47.9. The summed E-state index contributed by atoms with van der Waals surface area (Å²) < 4.78 is 15.1. The van der Waals surface area contributed by atoms with E-state index in [0.717, 1.165) is 24.1 Å². The molecule has 3 rings (SSSR count). The summed E-state index contributed by atoms with van der Waals surface area (Å²) in [5, 5.41) is 11.2. The highest BCUT2D eigenvalue weighted by atomic mass is 16.6. The molecule has 2 aromatic carbocycles. The molecule has 2 amide bonds. The zero-order valence-corrected chi connectivity index (χ0v) is 14.8. The lowest BCUT2D eigenvalue weighted by molar-refractivity contribution is -0.385. The van der Waals surface area contributed by atoms with Crippen LogP contribution in [0.3, 0.4) is 0 Å². The van der Waals surface area contributed by atoms with Crippen molar-refractivity contribution in [2.24, 2.45) is 0 Å². The van der Waals surface area contributed by atoms with E-state index < -0.39 is 35.1 Å². The monoisotopic (exact) mass is 386 g/mol. The van der Waals surface area contributed by atoms with Crippen molar-refractivity contribution in [1.29, 1.82) is 0 Å². The van der Waals surface area contributed by atoms with Crippen LogP contribution in [0.1, 0.15) is 31.1 Å². The minimum Gasteiger partial charge on any atom is -0.493 e. The molecule has 28 heavy (non-hydrogen) atoms. The van der Waals surface area contributed by atoms with Gasteiger partial charge in [0.15, 0.2) is 18.2 Å². The molecule has 1 aliphatic heterocycles. The van der Waals surface area contributed by atoms with E-state index in [2.05, 4.69) is 4.74 Å². The zero-order chi connectivity index (χ0) is 20.4. The number of imide groups is 1. The van der Waals surface area contributed by atoms with E-state index in [1.165, 1.54) is 19.2 Å². The second kappa shape index (κ2) is 7.35. The number of nitro benzene ring substituents is 1. The number of ether oxygens (including phenoxy) is 3. The molecule has 0 radical (unpaired) electrons. The van der Waals surface area contributed by atoms with Crippen molar-refractivity contribution in [3.63, 3.8) is 0 Å². The van der Waals surface area contributed by atoms with Gasteiger partial charge >= 0.3 is 5.97 Å². The van der Waals surface area contributed by atoms with Crippen LogP contribution in [0.2, 0.25) is 0 Å². The Morgan fingerprint density at radius 3 is 2.18 bits per heavy atom. The minimum atomic E-state index is -0.945. The third-order valence-corrected chi connectivity index (χ3v) is 4.11. The van der Waals surface area contributed by atoms with E-state index >= 15 is 0 Å². The molecule has 10 heteroatoms. The lowest BCUT2D eigenvalue weighted by Gasteiger charge is -2.17. The van der Waals surface area contributed by atoms with Crippen molar-refractivity contribution in [2.45, 2.75) is 0 Å². The lowest BCUT2D eigenvalue weighted by Crippen LogP contribution is -2.33. The van der Waals surface area contributed by atoms with E-state index in [0.29, 0.717) is 0 Å². The van der Waals surface area contributed by atoms with E-state index in [1.54, 1.807) is 12.1 Å². The summed E-state index contributed by atoms with van der Waals surface area (Å²) in [6, 6.07) is 8.40. The molecule has 0 aliphatic carbocycles. The lowest BCUT2D eigenvalue weighted by atomic mass is 10.1. The highest BCUT2D eigenvalue weighted by Crippen LogP contribution is 2.35. The first-order valence-electron chi connectivity index (χ1n) is 7.91. The van der Waals surface area contributed by atoms with Gasteiger partial charge in [0, 0.05) is 6.07 Å². The number of methoxy groups -OCH3 is 2. The average molecular weight is 386 g/mol. The predicted octanol–water partition coefficient (Wildman–Crippen LogP) is 2.02. The fourth-order valence-electron chi connectivity index (χ4n) is 2.74. The maximum absolute atomic E-state index is 12.4. The third kappa shape index (κ3) is 3.11. The number of amides is 2. The molecule has 0 spiro atoms. The number of esters is 1. The maximum Gasteiger partial charge on any atom is 0.345 e. The Balaban J connectivity index is 1.90. The summed E-state index contributed by atoms with van der Waals surface area (Å²) in [5.41, 5.74) is -0.383. The third-order valence-electron chi connectivity index (χ3n) is 4.11. The maximum atomic E-state index is 12.4. The Hall–Kier alpha value is -3.95. The number of fused-ring (bicyclic) bond motifs is 1. The summed E-state index contributed by atoms with van der Waals surface area (Å²) >= 11 is 0. The number of nitro groups is 1. The normalized spacial score (nSPS) is 12.6. The Labute approximate surface area is 158 Å². The number of hydrogen-bond donors (Lipinski definition) is 0. The molecule has 0 saturated heterocycles. The second-order valence-electron chi connectivity index (χ2n) is 5.63. The molecule has 0 fully saturated rings. The first kappa shape index (κ1) is 18.8. The molecule has 0 aromatic heterocycles. The largest absolute Gasteiger partial charge is 0.493 e. The summed E-state index contributed by atoms with van der Waals surface area (Å²) in [5.74, 6) is -2.12. The summed E-state index contributed by atoms with van der Waals surface area (Å²) in [6.45, 7) is -0.471. The van der Waals surface area contributed by atoms with Crippen LogP contribution in [0.5, 0.6) is 11.5 Å². The van der Waals surface area contributed by atoms with Crippen LogP contribution >= 0.6 is 0 Å². The zero-order valence-electron chi connectivity index (χ0n) is 14.8. The van der Waals surface area contributed by atoms with Gasteiger partial charge in [-0.05, 0) is 12.1 Å². The van der Waals surface area contributed by atoms with Gasteiger partial charge in [-0.2, -0.15) is 0 Å². The quantitative estimate of drug-likeness (QED) is 0.319. The Kier molecular flexibility index (Phi) is 4.94. The molecule has 0 saturated carbocycles. The molecule has 0 N–H and O–H groups in total. The first-order valence-corrected chi connectivity index (χ1v) is 7.91. The summed E-state index contributed by atoms with van der Waals surface area (Å²) in [6.07, 6.45) is 0. The first-order chi connectivity index (χ1) is 13.4. The van der Waals surface area contributed by atoms with Crippen molar-refractivity contribution in [2.75, 3.05) is 21.0 Å². The van der Waals surface area contributed by atoms with Crippen molar-refractivity contribution in [3.8, 4) is 11.5 Å². The van der Waals surface area contributed by atoms with Crippen LogP contribution in [0.25, 0.3) is 0 Å². The van der Waals surface area contributed by atoms with Gasteiger partial charge in [-0.25, -0.2) is 9.69 Å². The standard InChI is InChI=1S/C18H14N2O8/c1-26-14-8-13(20(24)25)12(18(23)27-2)7-15(14)28-9-19-16(21)10-5-3-4-6-11(10)17(19)22/h3-8H,9H2,1-2H3. The topological polar surface area (TPSA) is 125 Å². The SMILES string of the molecule is COC(=O)c1cc(OCN2C(=O)c3ccccc3C2=O)c(OC)cc1[N+](=O)[O-]. The number of nitrogens with zero attached hydrogens (tertiary/aromatic N) is 2. The summed E-state index contributed by atoms with van der Waals surface area (Å²) in [7, 11) is 2.33. The number of benzene rings is 2. The molecule has 1 aliphatic rings. The van der Waals surface area contributed by atoms with Crippen molar-refractivity contribution >= 4 is 23.5 Å². The Bertz CT molecular complexity index is 966. The number of hydrogen-bond acceptors (Lipinski definition) is 8. The molecule has 0 bridgehead atoms. The Morgan fingerprint density at radius 1 is 1.07 bits per heavy atom. The Morgan fingerprint density at radius 2 is 1.68 bits per heavy atom. The molecular weight excluding hydrogens is 372 g/mol.